The fourth-order valence-electron chi connectivity index (χ4n) is 2.84. The molecule has 1 aromatic rings. The van der Waals surface area contributed by atoms with Crippen LogP contribution in [-0.2, 0) is 6.42 Å². The van der Waals surface area contributed by atoms with Gasteiger partial charge in [-0.3, -0.25) is 0 Å². The maximum absolute atomic E-state index is 3.64. The molecule has 1 unspecified atom stereocenters. The van der Waals surface area contributed by atoms with Crippen LogP contribution in [0.2, 0.25) is 0 Å². The van der Waals surface area contributed by atoms with E-state index in [-0.39, 0.29) is 0 Å². The van der Waals surface area contributed by atoms with E-state index in [0.717, 1.165) is 12.5 Å². The summed E-state index contributed by atoms with van der Waals surface area (Å²) in [5, 5.41) is 3.64. The van der Waals surface area contributed by atoms with E-state index in [4.69, 9.17) is 0 Å². The van der Waals surface area contributed by atoms with E-state index < -0.39 is 0 Å². The molecule has 19 heavy (non-hydrogen) atoms. The second-order valence-electron chi connectivity index (χ2n) is 5.97. The highest BCUT2D eigenvalue weighted by Gasteiger charge is 2.18. The molecular weight excluding hydrogens is 230 g/mol. The van der Waals surface area contributed by atoms with Gasteiger partial charge in [0.1, 0.15) is 0 Å². The minimum absolute atomic E-state index is 0.686. The van der Waals surface area contributed by atoms with E-state index >= 15 is 0 Å². The summed E-state index contributed by atoms with van der Waals surface area (Å²) in [5.74, 6) is 0.865. The van der Waals surface area contributed by atoms with Gasteiger partial charge in [0.25, 0.3) is 0 Å². The summed E-state index contributed by atoms with van der Waals surface area (Å²) in [4.78, 5) is 0. The Morgan fingerprint density at radius 3 is 2.42 bits per heavy atom. The standard InChI is InChI=1S/C18H29N/c1-3-14-19-18(4-2)13-10-15-8-11-17(12-9-15)16-6-5-7-16/h8-9,11-12,16,18-19H,3-7,10,13-14H2,1-2H3. The summed E-state index contributed by atoms with van der Waals surface area (Å²) in [5.41, 5.74) is 3.06. The van der Waals surface area contributed by atoms with Crippen LogP contribution in [0.1, 0.15) is 69.4 Å². The number of hydrogen-bond donors (Lipinski definition) is 1. The maximum atomic E-state index is 3.64. The van der Waals surface area contributed by atoms with Crippen molar-refractivity contribution in [3.63, 3.8) is 0 Å². The Bertz CT molecular complexity index is 350. The Balaban J connectivity index is 1.78. The predicted octanol–water partition coefficient (Wildman–Crippen LogP) is 4.66. The van der Waals surface area contributed by atoms with E-state index in [1.807, 2.05) is 0 Å². The van der Waals surface area contributed by atoms with Crippen LogP contribution in [0.3, 0.4) is 0 Å². The van der Waals surface area contributed by atoms with Crippen molar-refractivity contribution in [2.45, 2.75) is 70.8 Å². The molecule has 0 radical (unpaired) electrons. The van der Waals surface area contributed by atoms with E-state index in [1.165, 1.54) is 50.5 Å². The third-order valence-electron chi connectivity index (χ3n) is 4.51. The third kappa shape index (κ3) is 4.35. The first-order chi connectivity index (χ1) is 9.33. The van der Waals surface area contributed by atoms with E-state index in [9.17, 15) is 0 Å². The first-order valence-corrected chi connectivity index (χ1v) is 8.15. The summed E-state index contributed by atoms with van der Waals surface area (Å²) in [6.07, 6.45) is 9.16. The van der Waals surface area contributed by atoms with Crippen LogP contribution in [0, 0.1) is 0 Å². The molecule has 1 aliphatic carbocycles. The molecule has 0 aliphatic heterocycles. The molecule has 1 heteroatoms. The maximum Gasteiger partial charge on any atom is 0.00676 e. The molecule has 1 fully saturated rings. The Morgan fingerprint density at radius 2 is 1.89 bits per heavy atom. The first kappa shape index (κ1) is 14.6. The highest BCUT2D eigenvalue weighted by molar-refractivity contribution is 5.26. The monoisotopic (exact) mass is 259 g/mol. The van der Waals surface area contributed by atoms with E-state index in [0.29, 0.717) is 6.04 Å². The van der Waals surface area contributed by atoms with Gasteiger partial charge in [-0.05, 0) is 62.1 Å². The molecule has 0 heterocycles. The first-order valence-electron chi connectivity index (χ1n) is 8.15. The molecular formula is C18H29N. The normalized spacial score (nSPS) is 17.2. The van der Waals surface area contributed by atoms with E-state index in [2.05, 4.69) is 43.4 Å². The van der Waals surface area contributed by atoms with Gasteiger partial charge in [0, 0.05) is 6.04 Å². The van der Waals surface area contributed by atoms with Crippen LogP contribution in [0.25, 0.3) is 0 Å². The molecule has 0 bridgehead atoms. The van der Waals surface area contributed by atoms with Crippen molar-refractivity contribution in [1.82, 2.24) is 5.32 Å². The topological polar surface area (TPSA) is 12.0 Å². The van der Waals surface area contributed by atoms with Crippen LogP contribution < -0.4 is 5.32 Å². The van der Waals surface area contributed by atoms with Gasteiger partial charge in [-0.15, -0.1) is 0 Å². The van der Waals surface area contributed by atoms with Crippen molar-refractivity contribution in [3.05, 3.63) is 35.4 Å². The molecule has 1 N–H and O–H groups in total. The van der Waals surface area contributed by atoms with Crippen LogP contribution in [0.15, 0.2) is 24.3 Å². The summed E-state index contributed by atoms with van der Waals surface area (Å²) in [6, 6.07) is 10.1. The Kier molecular flexibility index (Phi) is 5.91. The number of benzene rings is 1. The minimum atomic E-state index is 0.686. The zero-order valence-electron chi connectivity index (χ0n) is 12.6. The van der Waals surface area contributed by atoms with Crippen molar-refractivity contribution in [3.8, 4) is 0 Å². The number of aryl methyl sites for hydroxylation is 1. The highest BCUT2D eigenvalue weighted by Crippen LogP contribution is 2.36. The zero-order chi connectivity index (χ0) is 13.5. The Morgan fingerprint density at radius 1 is 1.16 bits per heavy atom. The summed E-state index contributed by atoms with van der Waals surface area (Å²) >= 11 is 0. The lowest BCUT2D eigenvalue weighted by molar-refractivity contribution is 0.419. The van der Waals surface area contributed by atoms with Crippen molar-refractivity contribution >= 4 is 0 Å². The van der Waals surface area contributed by atoms with Gasteiger partial charge >= 0.3 is 0 Å². The summed E-state index contributed by atoms with van der Waals surface area (Å²) in [7, 11) is 0. The minimum Gasteiger partial charge on any atom is -0.314 e. The van der Waals surface area contributed by atoms with Gasteiger partial charge in [-0.2, -0.15) is 0 Å². The molecule has 1 nitrogen and oxygen atoms in total. The molecule has 0 saturated heterocycles. The largest absolute Gasteiger partial charge is 0.314 e. The zero-order valence-corrected chi connectivity index (χ0v) is 12.6. The van der Waals surface area contributed by atoms with Crippen LogP contribution >= 0.6 is 0 Å². The van der Waals surface area contributed by atoms with Gasteiger partial charge in [-0.1, -0.05) is 44.5 Å². The van der Waals surface area contributed by atoms with Gasteiger partial charge in [-0.25, -0.2) is 0 Å². The predicted molar refractivity (Wildman–Crippen MR) is 83.7 cm³/mol. The van der Waals surface area contributed by atoms with Crippen molar-refractivity contribution in [1.29, 1.82) is 0 Å². The summed E-state index contributed by atoms with van der Waals surface area (Å²) in [6.45, 7) is 5.67. The fourth-order valence-corrected chi connectivity index (χ4v) is 2.84. The van der Waals surface area contributed by atoms with Crippen LogP contribution in [0.5, 0.6) is 0 Å². The lowest BCUT2D eigenvalue weighted by atomic mass is 9.80. The third-order valence-corrected chi connectivity index (χ3v) is 4.51. The van der Waals surface area contributed by atoms with Gasteiger partial charge in [0.05, 0.1) is 0 Å². The summed E-state index contributed by atoms with van der Waals surface area (Å²) < 4.78 is 0. The highest BCUT2D eigenvalue weighted by atomic mass is 14.9. The lowest BCUT2D eigenvalue weighted by Crippen LogP contribution is -2.29. The number of hydrogen-bond acceptors (Lipinski definition) is 1. The molecule has 0 aromatic heterocycles. The molecule has 1 aromatic carbocycles. The molecule has 106 valence electrons. The van der Waals surface area contributed by atoms with Gasteiger partial charge in [0.15, 0.2) is 0 Å². The second kappa shape index (κ2) is 7.69. The van der Waals surface area contributed by atoms with E-state index in [1.54, 1.807) is 5.56 Å². The molecule has 2 rings (SSSR count). The fraction of sp³-hybridized carbons (Fsp3) is 0.667. The molecule has 1 saturated carbocycles. The smallest absolute Gasteiger partial charge is 0.00676 e. The van der Waals surface area contributed by atoms with Crippen LogP contribution in [-0.4, -0.2) is 12.6 Å². The average molecular weight is 259 g/mol. The SMILES string of the molecule is CCCNC(CC)CCc1ccc(C2CCC2)cc1. The second-order valence-corrected chi connectivity index (χ2v) is 5.97. The van der Waals surface area contributed by atoms with Crippen molar-refractivity contribution < 1.29 is 0 Å². The van der Waals surface area contributed by atoms with Crippen molar-refractivity contribution in [2.24, 2.45) is 0 Å². The number of nitrogens with one attached hydrogen (secondary N) is 1. The molecule has 0 spiro atoms. The quantitative estimate of drug-likeness (QED) is 0.715. The molecule has 1 aliphatic rings. The van der Waals surface area contributed by atoms with Gasteiger partial charge < -0.3 is 5.32 Å². The lowest BCUT2D eigenvalue weighted by Gasteiger charge is -2.25. The Hall–Kier alpha value is -0.820. The molecule has 0 amide bonds. The Labute approximate surface area is 118 Å². The van der Waals surface area contributed by atoms with Crippen LogP contribution in [0.4, 0.5) is 0 Å². The van der Waals surface area contributed by atoms with Crippen molar-refractivity contribution in [2.75, 3.05) is 6.54 Å². The number of rotatable bonds is 8. The molecule has 1 atom stereocenters. The van der Waals surface area contributed by atoms with Gasteiger partial charge in [0.2, 0.25) is 0 Å². The average Bonchev–Trinajstić information content (AvgIpc) is 2.39.